The van der Waals surface area contributed by atoms with Gasteiger partial charge in [-0.25, -0.2) is 0 Å². The van der Waals surface area contributed by atoms with Crippen LogP contribution in [-0.2, 0) is 0 Å². The molecule has 0 bridgehead atoms. The van der Waals surface area contributed by atoms with Gasteiger partial charge in [0, 0.05) is 16.6 Å². The van der Waals surface area contributed by atoms with E-state index in [9.17, 15) is 0 Å². The van der Waals surface area contributed by atoms with E-state index in [0.29, 0.717) is 17.3 Å². The Morgan fingerprint density at radius 3 is 2.52 bits per heavy atom. The summed E-state index contributed by atoms with van der Waals surface area (Å²) in [6.45, 7) is 0. The fourth-order valence-electron chi connectivity index (χ4n) is 2.47. The molecule has 21 heavy (non-hydrogen) atoms. The summed E-state index contributed by atoms with van der Waals surface area (Å²) in [5, 5.41) is 9.15. The summed E-state index contributed by atoms with van der Waals surface area (Å²) in [6.07, 6.45) is 0. The van der Waals surface area contributed by atoms with Gasteiger partial charge >= 0.3 is 0 Å². The van der Waals surface area contributed by atoms with Crippen LogP contribution in [0.4, 0.5) is 11.5 Å². The molecule has 0 fully saturated rings. The first-order chi connectivity index (χ1) is 10.2. The fourth-order valence-corrected chi connectivity index (χ4v) is 2.47. The molecule has 0 amide bonds. The van der Waals surface area contributed by atoms with Gasteiger partial charge in [0.2, 0.25) is 0 Å². The quantitative estimate of drug-likeness (QED) is 0.519. The second-order valence-electron chi connectivity index (χ2n) is 4.80. The van der Waals surface area contributed by atoms with Gasteiger partial charge in [0.25, 0.3) is 5.78 Å². The van der Waals surface area contributed by atoms with Crippen LogP contribution in [0.25, 0.3) is 28.1 Å². The average Bonchev–Trinajstić information content (AvgIpc) is 2.92. The van der Waals surface area contributed by atoms with E-state index in [1.807, 2.05) is 52.9 Å². The average molecular weight is 276 g/mol. The second kappa shape index (κ2) is 4.17. The van der Waals surface area contributed by atoms with Gasteiger partial charge in [0.15, 0.2) is 5.82 Å². The Kier molecular flexibility index (Phi) is 2.32. The number of hydrogen-bond donors (Lipinski definition) is 2. The van der Waals surface area contributed by atoms with Gasteiger partial charge in [-0.2, -0.15) is 4.98 Å². The van der Waals surface area contributed by atoms with Gasteiger partial charge in [-0.15, -0.1) is 10.2 Å². The van der Waals surface area contributed by atoms with Crippen LogP contribution in [0.3, 0.4) is 0 Å². The van der Waals surface area contributed by atoms with Crippen molar-refractivity contribution in [3.05, 3.63) is 48.5 Å². The molecule has 102 valence electrons. The van der Waals surface area contributed by atoms with E-state index in [2.05, 4.69) is 15.2 Å². The minimum Gasteiger partial charge on any atom is -0.399 e. The molecule has 2 heterocycles. The number of fused-ring (bicyclic) bond motifs is 3. The fraction of sp³-hybridized carbons (Fsp3) is 0. The van der Waals surface area contributed by atoms with Crippen molar-refractivity contribution in [1.82, 2.24) is 19.6 Å². The van der Waals surface area contributed by atoms with Crippen molar-refractivity contribution in [2.24, 2.45) is 0 Å². The summed E-state index contributed by atoms with van der Waals surface area (Å²) in [4.78, 5) is 4.30. The predicted molar refractivity (Wildman–Crippen MR) is 82.5 cm³/mol. The first-order valence-electron chi connectivity index (χ1n) is 6.49. The third kappa shape index (κ3) is 1.69. The summed E-state index contributed by atoms with van der Waals surface area (Å²) >= 11 is 0. The molecule has 0 aliphatic heterocycles. The van der Waals surface area contributed by atoms with Gasteiger partial charge in [-0.05, 0) is 18.2 Å². The van der Waals surface area contributed by atoms with Crippen molar-refractivity contribution >= 4 is 28.2 Å². The van der Waals surface area contributed by atoms with Crippen molar-refractivity contribution < 1.29 is 0 Å². The molecular formula is C15H12N6. The topological polar surface area (TPSA) is 95.1 Å². The molecular weight excluding hydrogens is 264 g/mol. The van der Waals surface area contributed by atoms with E-state index in [1.165, 1.54) is 0 Å². The van der Waals surface area contributed by atoms with E-state index in [0.717, 1.165) is 22.3 Å². The maximum Gasteiger partial charge on any atom is 0.257 e. The highest BCUT2D eigenvalue weighted by molar-refractivity contribution is 5.93. The van der Waals surface area contributed by atoms with E-state index in [1.54, 1.807) is 0 Å². The van der Waals surface area contributed by atoms with Crippen LogP contribution in [0.2, 0.25) is 0 Å². The summed E-state index contributed by atoms with van der Waals surface area (Å²) < 4.78 is 1.89. The first-order valence-corrected chi connectivity index (χ1v) is 6.49. The molecule has 0 aliphatic rings. The van der Waals surface area contributed by atoms with Crippen LogP contribution >= 0.6 is 0 Å². The van der Waals surface area contributed by atoms with Gasteiger partial charge in [0.1, 0.15) is 5.82 Å². The van der Waals surface area contributed by atoms with Crippen molar-refractivity contribution in [2.45, 2.75) is 0 Å². The summed E-state index contributed by atoms with van der Waals surface area (Å²) in [7, 11) is 0. The van der Waals surface area contributed by atoms with Gasteiger partial charge in [0.05, 0.1) is 5.52 Å². The van der Waals surface area contributed by atoms with Crippen molar-refractivity contribution in [3.8, 4) is 11.4 Å². The molecule has 4 N–H and O–H groups in total. The molecule has 0 atom stereocenters. The maximum atomic E-state index is 5.99. The van der Waals surface area contributed by atoms with Crippen LogP contribution in [-0.4, -0.2) is 19.6 Å². The number of hydrogen-bond acceptors (Lipinski definition) is 5. The Labute approximate surface area is 120 Å². The molecule has 0 radical (unpaired) electrons. The number of nitrogens with zero attached hydrogens (tertiary/aromatic N) is 4. The molecule has 2 aromatic heterocycles. The number of rotatable bonds is 1. The van der Waals surface area contributed by atoms with Crippen molar-refractivity contribution in [2.75, 3.05) is 11.5 Å². The highest BCUT2D eigenvalue weighted by Gasteiger charge is 2.14. The summed E-state index contributed by atoms with van der Waals surface area (Å²) in [5.41, 5.74) is 14.3. The second-order valence-corrected chi connectivity index (χ2v) is 4.80. The zero-order chi connectivity index (χ0) is 14.4. The van der Waals surface area contributed by atoms with E-state index in [-0.39, 0.29) is 0 Å². The molecule has 0 aliphatic carbocycles. The SMILES string of the molecule is Nc1ccc2c(c1)c(N)nc1nnc(-c3ccccc3)n12. The lowest BCUT2D eigenvalue weighted by molar-refractivity contribution is 1.10. The van der Waals surface area contributed by atoms with E-state index in [4.69, 9.17) is 11.5 Å². The molecule has 6 heteroatoms. The first kappa shape index (κ1) is 11.7. The van der Waals surface area contributed by atoms with Crippen molar-refractivity contribution in [1.29, 1.82) is 0 Å². The van der Waals surface area contributed by atoms with E-state index >= 15 is 0 Å². The number of anilines is 2. The van der Waals surface area contributed by atoms with Gasteiger partial charge in [-0.1, -0.05) is 30.3 Å². The number of aromatic nitrogens is 4. The predicted octanol–water partition coefficient (Wildman–Crippen LogP) is 2.11. The summed E-state index contributed by atoms with van der Waals surface area (Å²) in [6, 6.07) is 15.4. The number of nitrogen functional groups attached to an aromatic ring is 2. The third-order valence-corrected chi connectivity index (χ3v) is 3.44. The van der Waals surface area contributed by atoms with E-state index < -0.39 is 0 Å². The van der Waals surface area contributed by atoms with Crippen molar-refractivity contribution in [3.63, 3.8) is 0 Å². The van der Waals surface area contributed by atoms with Crippen LogP contribution in [0.1, 0.15) is 0 Å². The number of benzene rings is 2. The Hall–Kier alpha value is -3.15. The van der Waals surface area contributed by atoms with Gasteiger partial charge in [-0.3, -0.25) is 4.40 Å². The lowest BCUT2D eigenvalue weighted by atomic mass is 10.2. The molecule has 4 aromatic rings. The lowest BCUT2D eigenvalue weighted by Gasteiger charge is -2.07. The minimum atomic E-state index is 0.400. The molecule has 0 saturated carbocycles. The Morgan fingerprint density at radius 1 is 0.905 bits per heavy atom. The third-order valence-electron chi connectivity index (χ3n) is 3.44. The maximum absolute atomic E-state index is 5.99. The molecule has 0 unspecified atom stereocenters. The Balaban J connectivity index is 2.16. The molecule has 2 aromatic carbocycles. The lowest BCUT2D eigenvalue weighted by Crippen LogP contribution is -2.00. The highest BCUT2D eigenvalue weighted by atomic mass is 15.3. The largest absolute Gasteiger partial charge is 0.399 e. The van der Waals surface area contributed by atoms with Crippen LogP contribution in [0.15, 0.2) is 48.5 Å². The summed E-state index contributed by atoms with van der Waals surface area (Å²) in [5.74, 6) is 1.60. The molecule has 0 spiro atoms. The molecule has 0 saturated heterocycles. The smallest absolute Gasteiger partial charge is 0.257 e. The monoisotopic (exact) mass is 276 g/mol. The standard InChI is InChI=1S/C15H12N6/c16-10-6-7-12-11(8-10)13(17)18-15-20-19-14(21(12)15)9-4-2-1-3-5-9/h1-8H,16H2,(H2,17,18,20). The minimum absolute atomic E-state index is 0.400. The van der Waals surface area contributed by atoms with Gasteiger partial charge < -0.3 is 11.5 Å². The molecule has 4 rings (SSSR count). The zero-order valence-electron chi connectivity index (χ0n) is 11.1. The Morgan fingerprint density at radius 2 is 1.71 bits per heavy atom. The molecule has 6 nitrogen and oxygen atoms in total. The number of nitrogens with two attached hydrogens (primary N) is 2. The van der Waals surface area contributed by atoms with Crippen LogP contribution < -0.4 is 11.5 Å². The van der Waals surface area contributed by atoms with Crippen LogP contribution in [0.5, 0.6) is 0 Å². The highest BCUT2D eigenvalue weighted by Crippen LogP contribution is 2.27. The Bertz CT molecular complexity index is 958. The zero-order valence-corrected chi connectivity index (χ0v) is 11.1. The van der Waals surface area contributed by atoms with Crippen LogP contribution in [0, 0.1) is 0 Å². The normalized spacial score (nSPS) is 11.2.